The fourth-order valence-electron chi connectivity index (χ4n) is 1.97. The van der Waals surface area contributed by atoms with E-state index in [0.717, 1.165) is 6.20 Å². The lowest BCUT2D eigenvalue weighted by molar-refractivity contribution is -0.142. The molecule has 0 radical (unpaired) electrons. The summed E-state index contributed by atoms with van der Waals surface area (Å²) in [5.41, 5.74) is -0.822. The summed E-state index contributed by atoms with van der Waals surface area (Å²) in [5, 5.41) is 0. The second kappa shape index (κ2) is 5.09. The molecule has 0 aromatic carbocycles. The predicted octanol–water partition coefficient (Wildman–Crippen LogP) is 1.33. The third kappa shape index (κ3) is 3.66. The summed E-state index contributed by atoms with van der Waals surface area (Å²) >= 11 is 0. The van der Waals surface area contributed by atoms with Gasteiger partial charge < -0.3 is 0 Å². The molecule has 4 nitrogen and oxygen atoms in total. The maximum absolute atomic E-state index is 12.7. The van der Waals surface area contributed by atoms with E-state index >= 15 is 0 Å². The van der Waals surface area contributed by atoms with Crippen molar-refractivity contribution < 1.29 is 21.6 Å². The Labute approximate surface area is 109 Å². The maximum atomic E-state index is 12.7. The number of halogens is 3. The molecule has 0 N–H and O–H groups in total. The van der Waals surface area contributed by atoms with E-state index < -0.39 is 21.7 Å². The van der Waals surface area contributed by atoms with Gasteiger partial charge in [0.15, 0.2) is 9.84 Å². The van der Waals surface area contributed by atoms with E-state index in [2.05, 4.69) is 4.98 Å². The second-order valence-corrected chi connectivity index (χ2v) is 6.74. The maximum Gasteiger partial charge on any atom is 0.433 e. The van der Waals surface area contributed by atoms with Crippen molar-refractivity contribution >= 4 is 9.84 Å². The van der Waals surface area contributed by atoms with Crippen molar-refractivity contribution in [1.82, 2.24) is 9.88 Å². The smallest absolute Gasteiger partial charge is 0.297 e. The van der Waals surface area contributed by atoms with Crippen LogP contribution in [0.5, 0.6) is 0 Å². The molecular formula is C11H13F3N2O2S. The minimum atomic E-state index is -4.49. The van der Waals surface area contributed by atoms with Crippen molar-refractivity contribution in [3.8, 4) is 0 Å². The molecule has 0 amide bonds. The summed E-state index contributed by atoms with van der Waals surface area (Å²) in [5.74, 6) is -0.0107. The highest BCUT2D eigenvalue weighted by atomic mass is 32.2. The van der Waals surface area contributed by atoms with Crippen molar-refractivity contribution in [2.24, 2.45) is 0 Å². The number of nitrogens with zero attached hydrogens (tertiary/aromatic N) is 2. The van der Waals surface area contributed by atoms with Crippen LogP contribution in [-0.2, 0) is 22.6 Å². The van der Waals surface area contributed by atoms with Crippen LogP contribution in [0.1, 0.15) is 11.3 Å². The molecule has 0 aliphatic carbocycles. The number of rotatable bonds is 2. The van der Waals surface area contributed by atoms with Crippen molar-refractivity contribution in [3.05, 3.63) is 29.6 Å². The van der Waals surface area contributed by atoms with Gasteiger partial charge in [0.1, 0.15) is 5.69 Å². The molecule has 1 fully saturated rings. The normalized spacial score (nSPS) is 20.4. The molecule has 0 atom stereocenters. The van der Waals surface area contributed by atoms with E-state index in [9.17, 15) is 21.6 Å². The molecule has 0 spiro atoms. The lowest BCUT2D eigenvalue weighted by Crippen LogP contribution is -2.40. The quantitative estimate of drug-likeness (QED) is 0.826. The van der Waals surface area contributed by atoms with Crippen LogP contribution < -0.4 is 0 Å². The van der Waals surface area contributed by atoms with E-state index in [1.807, 2.05) is 0 Å². The van der Waals surface area contributed by atoms with Gasteiger partial charge in [-0.25, -0.2) is 8.42 Å². The standard InChI is InChI=1S/C11H13F3N2O2S/c12-11(13,14)10-9(2-1-3-15-10)8-16-4-6-19(17,18)7-5-16/h1-3H,4-8H2. The Morgan fingerprint density at radius 3 is 2.47 bits per heavy atom. The van der Waals surface area contributed by atoms with Crippen LogP contribution >= 0.6 is 0 Å². The van der Waals surface area contributed by atoms with Gasteiger partial charge in [-0.15, -0.1) is 0 Å². The average Bonchev–Trinajstić information content (AvgIpc) is 2.31. The molecule has 1 saturated heterocycles. The lowest BCUT2D eigenvalue weighted by Gasteiger charge is -2.27. The van der Waals surface area contributed by atoms with Crippen LogP contribution in [0.3, 0.4) is 0 Å². The number of pyridine rings is 1. The number of sulfone groups is 1. The highest BCUT2D eigenvalue weighted by molar-refractivity contribution is 7.91. The Bertz CT molecular complexity index is 543. The Hall–Kier alpha value is -1.15. The van der Waals surface area contributed by atoms with Gasteiger partial charge in [-0.05, 0) is 11.6 Å². The lowest BCUT2D eigenvalue weighted by atomic mass is 10.1. The van der Waals surface area contributed by atoms with E-state index in [1.54, 1.807) is 4.90 Å². The second-order valence-electron chi connectivity index (χ2n) is 4.44. The highest BCUT2D eigenvalue weighted by Crippen LogP contribution is 2.30. The highest BCUT2D eigenvalue weighted by Gasteiger charge is 2.35. The number of hydrogen-bond donors (Lipinski definition) is 0. The van der Waals surface area contributed by atoms with Crippen LogP contribution in [0.4, 0.5) is 13.2 Å². The summed E-state index contributed by atoms with van der Waals surface area (Å²) in [6, 6.07) is 2.82. The first-order valence-electron chi connectivity index (χ1n) is 5.72. The molecule has 2 heterocycles. The van der Waals surface area contributed by atoms with E-state index in [1.165, 1.54) is 12.1 Å². The first-order chi connectivity index (χ1) is 8.78. The van der Waals surface area contributed by atoms with Crippen molar-refractivity contribution in [2.45, 2.75) is 12.7 Å². The molecule has 1 aliphatic rings. The van der Waals surface area contributed by atoms with E-state index in [4.69, 9.17) is 0 Å². The number of hydrogen-bond acceptors (Lipinski definition) is 4. The molecular weight excluding hydrogens is 281 g/mol. The Balaban J connectivity index is 2.12. The number of alkyl halides is 3. The van der Waals surface area contributed by atoms with Gasteiger partial charge in [-0.2, -0.15) is 13.2 Å². The van der Waals surface area contributed by atoms with Gasteiger partial charge in [-0.3, -0.25) is 9.88 Å². The molecule has 0 saturated carbocycles. The Kier molecular flexibility index (Phi) is 3.82. The summed E-state index contributed by atoms with van der Waals surface area (Å²) in [4.78, 5) is 5.08. The van der Waals surface area contributed by atoms with Crippen LogP contribution in [0, 0.1) is 0 Å². The van der Waals surface area contributed by atoms with Crippen molar-refractivity contribution in [2.75, 3.05) is 24.6 Å². The molecule has 2 rings (SSSR count). The third-order valence-corrected chi connectivity index (χ3v) is 4.60. The molecule has 0 bridgehead atoms. The molecule has 19 heavy (non-hydrogen) atoms. The Morgan fingerprint density at radius 2 is 1.89 bits per heavy atom. The first-order valence-corrected chi connectivity index (χ1v) is 7.54. The summed E-state index contributed by atoms with van der Waals surface area (Å²) in [7, 11) is -3.03. The largest absolute Gasteiger partial charge is 0.433 e. The first kappa shape index (κ1) is 14.3. The van der Waals surface area contributed by atoms with Crippen molar-refractivity contribution in [3.63, 3.8) is 0 Å². The molecule has 1 aliphatic heterocycles. The SMILES string of the molecule is O=S1(=O)CCN(Cc2cccnc2C(F)(F)F)CC1. The number of aromatic nitrogens is 1. The summed E-state index contributed by atoms with van der Waals surface area (Å²) < 4.78 is 60.8. The van der Waals surface area contributed by atoms with Crippen LogP contribution in [-0.4, -0.2) is 42.9 Å². The third-order valence-electron chi connectivity index (χ3n) is 2.99. The minimum Gasteiger partial charge on any atom is -0.297 e. The fraction of sp³-hybridized carbons (Fsp3) is 0.545. The van der Waals surface area contributed by atoms with Gasteiger partial charge in [0.2, 0.25) is 0 Å². The predicted molar refractivity (Wildman–Crippen MR) is 63.2 cm³/mol. The van der Waals surface area contributed by atoms with Crippen LogP contribution in [0.2, 0.25) is 0 Å². The zero-order chi connectivity index (χ0) is 14.1. The van der Waals surface area contributed by atoms with Gasteiger partial charge in [0.25, 0.3) is 0 Å². The fourth-order valence-corrected chi connectivity index (χ4v) is 3.25. The van der Waals surface area contributed by atoms with Crippen LogP contribution in [0.25, 0.3) is 0 Å². The summed E-state index contributed by atoms with van der Waals surface area (Å²) in [6.07, 6.45) is -3.38. The van der Waals surface area contributed by atoms with Crippen molar-refractivity contribution in [1.29, 1.82) is 0 Å². The Morgan fingerprint density at radius 1 is 1.26 bits per heavy atom. The van der Waals surface area contributed by atoms with E-state index in [-0.39, 0.29) is 36.7 Å². The zero-order valence-electron chi connectivity index (χ0n) is 10.0. The average molecular weight is 294 g/mol. The van der Waals surface area contributed by atoms with Gasteiger partial charge in [0.05, 0.1) is 11.5 Å². The molecule has 106 valence electrons. The monoisotopic (exact) mass is 294 g/mol. The van der Waals surface area contributed by atoms with Gasteiger partial charge in [0, 0.05) is 25.8 Å². The minimum absolute atomic E-state index is 0.00534. The molecule has 0 unspecified atom stereocenters. The molecule has 8 heteroatoms. The van der Waals surface area contributed by atoms with Gasteiger partial charge >= 0.3 is 6.18 Å². The zero-order valence-corrected chi connectivity index (χ0v) is 10.8. The molecule has 1 aromatic heterocycles. The van der Waals surface area contributed by atoms with Gasteiger partial charge in [-0.1, -0.05) is 6.07 Å². The van der Waals surface area contributed by atoms with E-state index in [0.29, 0.717) is 0 Å². The summed E-state index contributed by atoms with van der Waals surface area (Å²) in [6.45, 7) is 0.585. The van der Waals surface area contributed by atoms with Crippen LogP contribution in [0.15, 0.2) is 18.3 Å². The topological polar surface area (TPSA) is 50.3 Å². The molecule has 1 aromatic rings.